The summed E-state index contributed by atoms with van der Waals surface area (Å²) in [5.74, 6) is -0.0126. The van der Waals surface area contributed by atoms with Gasteiger partial charge < -0.3 is 15.0 Å². The Morgan fingerprint density at radius 2 is 1.71 bits per heavy atom. The number of benzene rings is 2. The van der Waals surface area contributed by atoms with Crippen LogP contribution >= 0.6 is 0 Å². The van der Waals surface area contributed by atoms with Crippen LogP contribution < -0.4 is 10.1 Å². The monoisotopic (exact) mass is 478 g/mol. The van der Waals surface area contributed by atoms with Gasteiger partial charge in [-0.05, 0) is 44.0 Å². The van der Waals surface area contributed by atoms with Crippen molar-refractivity contribution in [1.29, 1.82) is 0 Å². The zero-order valence-electron chi connectivity index (χ0n) is 21.1. The molecular formula is C27H34N4O4. The van der Waals surface area contributed by atoms with E-state index in [4.69, 9.17) is 4.74 Å². The van der Waals surface area contributed by atoms with E-state index >= 15 is 0 Å². The second-order valence-corrected chi connectivity index (χ2v) is 9.69. The van der Waals surface area contributed by atoms with Crippen molar-refractivity contribution >= 4 is 23.4 Å². The summed E-state index contributed by atoms with van der Waals surface area (Å²) in [6.07, 6.45) is 0.575. The summed E-state index contributed by atoms with van der Waals surface area (Å²) in [6.45, 7) is 5.58. The van der Waals surface area contributed by atoms with Gasteiger partial charge in [-0.1, -0.05) is 42.5 Å². The molecule has 2 aromatic rings. The third-order valence-corrected chi connectivity index (χ3v) is 5.65. The van der Waals surface area contributed by atoms with Crippen LogP contribution in [-0.4, -0.2) is 59.6 Å². The van der Waals surface area contributed by atoms with Crippen LogP contribution in [0.25, 0.3) is 0 Å². The molecule has 3 amide bonds. The molecule has 1 aliphatic heterocycles. The highest BCUT2D eigenvalue weighted by atomic mass is 16.5. The number of methoxy groups -OCH3 is 1. The number of carbonyl (C=O) groups is 3. The number of nitrogens with zero attached hydrogens (tertiary/aromatic N) is 3. The van der Waals surface area contributed by atoms with E-state index in [1.807, 2.05) is 75.4 Å². The van der Waals surface area contributed by atoms with E-state index in [0.29, 0.717) is 6.42 Å². The van der Waals surface area contributed by atoms with E-state index in [1.54, 1.807) is 14.2 Å². The Balaban J connectivity index is 1.69. The average molecular weight is 479 g/mol. The third-order valence-electron chi connectivity index (χ3n) is 5.65. The number of ether oxygens (including phenoxy) is 1. The van der Waals surface area contributed by atoms with Crippen LogP contribution in [0.3, 0.4) is 0 Å². The fourth-order valence-electron chi connectivity index (χ4n) is 3.91. The van der Waals surface area contributed by atoms with Crippen LogP contribution in [0.4, 0.5) is 0 Å². The van der Waals surface area contributed by atoms with Gasteiger partial charge in [0.05, 0.1) is 25.4 Å². The molecule has 0 saturated heterocycles. The Labute approximate surface area is 206 Å². The average Bonchev–Trinajstić information content (AvgIpc) is 3.27. The van der Waals surface area contributed by atoms with Crippen LogP contribution in [0.1, 0.15) is 57.2 Å². The van der Waals surface area contributed by atoms with Crippen molar-refractivity contribution in [3.8, 4) is 5.75 Å². The van der Waals surface area contributed by atoms with E-state index in [1.165, 1.54) is 9.91 Å². The van der Waals surface area contributed by atoms with Crippen molar-refractivity contribution in [2.45, 2.75) is 51.6 Å². The number of hydrogen-bond donors (Lipinski definition) is 1. The summed E-state index contributed by atoms with van der Waals surface area (Å²) >= 11 is 0. The maximum absolute atomic E-state index is 13.2. The Hall–Kier alpha value is -3.68. The minimum absolute atomic E-state index is 0.000153. The Kier molecular flexibility index (Phi) is 8.27. The molecular weight excluding hydrogens is 444 g/mol. The first-order valence-electron chi connectivity index (χ1n) is 11.7. The zero-order valence-corrected chi connectivity index (χ0v) is 21.1. The second kappa shape index (κ2) is 11.2. The SMILES string of the molecule is COc1ccc(C2CC(c3ccccc3)=NN2C(=O)CCC(=O)N(C)CC(=O)NC(C)(C)C)cc1. The number of hydrazone groups is 1. The molecule has 0 aromatic heterocycles. The van der Waals surface area contributed by atoms with Crippen LogP contribution in [0.5, 0.6) is 5.75 Å². The lowest BCUT2D eigenvalue weighted by atomic mass is 9.98. The first kappa shape index (κ1) is 25.9. The maximum Gasteiger partial charge on any atom is 0.243 e. The molecule has 1 atom stereocenters. The quantitative estimate of drug-likeness (QED) is 0.628. The molecule has 2 aromatic carbocycles. The smallest absolute Gasteiger partial charge is 0.243 e. The molecule has 0 spiro atoms. The number of nitrogens with one attached hydrogen (secondary N) is 1. The fourth-order valence-corrected chi connectivity index (χ4v) is 3.91. The highest BCUT2D eigenvalue weighted by molar-refractivity contribution is 6.03. The number of hydrogen-bond acceptors (Lipinski definition) is 5. The summed E-state index contributed by atoms with van der Waals surface area (Å²) in [5.41, 5.74) is 2.35. The van der Waals surface area contributed by atoms with Crippen molar-refractivity contribution in [2.75, 3.05) is 20.7 Å². The topological polar surface area (TPSA) is 91.3 Å². The highest BCUT2D eigenvalue weighted by Gasteiger charge is 2.33. The summed E-state index contributed by atoms with van der Waals surface area (Å²) < 4.78 is 5.26. The van der Waals surface area contributed by atoms with Gasteiger partial charge in [0.15, 0.2) is 0 Å². The van der Waals surface area contributed by atoms with E-state index in [-0.39, 0.29) is 48.7 Å². The first-order chi connectivity index (χ1) is 16.6. The van der Waals surface area contributed by atoms with Gasteiger partial charge in [-0.3, -0.25) is 14.4 Å². The lowest BCUT2D eigenvalue weighted by molar-refractivity contribution is -0.139. The number of carbonyl (C=O) groups excluding carboxylic acids is 3. The molecule has 1 unspecified atom stereocenters. The molecule has 0 bridgehead atoms. The van der Waals surface area contributed by atoms with Crippen LogP contribution in [0.2, 0.25) is 0 Å². The molecule has 0 fully saturated rings. The summed E-state index contributed by atoms with van der Waals surface area (Å²) in [5, 5.41) is 8.97. The van der Waals surface area contributed by atoms with Gasteiger partial charge in [0.1, 0.15) is 5.75 Å². The van der Waals surface area contributed by atoms with Crippen LogP contribution in [0, 0.1) is 0 Å². The van der Waals surface area contributed by atoms with Gasteiger partial charge in [0.25, 0.3) is 0 Å². The number of amides is 3. The minimum atomic E-state index is -0.377. The summed E-state index contributed by atoms with van der Waals surface area (Å²) in [6, 6.07) is 17.1. The minimum Gasteiger partial charge on any atom is -0.497 e. The van der Waals surface area contributed by atoms with Crippen molar-refractivity contribution in [2.24, 2.45) is 5.10 Å². The Morgan fingerprint density at radius 1 is 1.06 bits per heavy atom. The zero-order chi connectivity index (χ0) is 25.6. The standard InChI is InChI=1S/C27H34N4O4/c1-27(2,3)28-24(32)18-30(4)25(33)15-16-26(34)31-23(20-11-13-21(35-5)14-12-20)17-22(29-31)19-9-7-6-8-10-19/h6-14,23H,15-18H2,1-5H3,(H,28,32). The molecule has 3 rings (SSSR count). The first-order valence-corrected chi connectivity index (χ1v) is 11.7. The molecule has 1 heterocycles. The predicted octanol–water partition coefficient (Wildman–Crippen LogP) is 3.53. The van der Waals surface area contributed by atoms with Gasteiger partial charge in [0, 0.05) is 31.8 Å². The van der Waals surface area contributed by atoms with Crippen molar-refractivity contribution in [3.63, 3.8) is 0 Å². The molecule has 186 valence electrons. The van der Waals surface area contributed by atoms with Gasteiger partial charge in [-0.25, -0.2) is 5.01 Å². The second-order valence-electron chi connectivity index (χ2n) is 9.69. The summed E-state index contributed by atoms with van der Waals surface area (Å²) in [4.78, 5) is 39.3. The number of rotatable bonds is 8. The molecule has 0 saturated carbocycles. The molecule has 0 aliphatic carbocycles. The Morgan fingerprint density at radius 3 is 2.31 bits per heavy atom. The third kappa shape index (κ3) is 7.15. The van der Waals surface area contributed by atoms with Crippen molar-refractivity contribution < 1.29 is 19.1 Å². The molecule has 8 nitrogen and oxygen atoms in total. The maximum atomic E-state index is 13.2. The van der Waals surface area contributed by atoms with E-state index < -0.39 is 0 Å². The number of likely N-dealkylation sites (N-methyl/N-ethyl adjacent to an activating group) is 1. The lowest BCUT2D eigenvalue weighted by Gasteiger charge is -2.24. The Bertz CT molecular complexity index is 1070. The molecule has 0 radical (unpaired) electrons. The lowest BCUT2D eigenvalue weighted by Crippen LogP contribution is -2.46. The van der Waals surface area contributed by atoms with Gasteiger partial charge in [-0.2, -0.15) is 5.10 Å². The van der Waals surface area contributed by atoms with Crippen LogP contribution in [-0.2, 0) is 14.4 Å². The van der Waals surface area contributed by atoms with E-state index in [2.05, 4.69) is 10.4 Å². The highest BCUT2D eigenvalue weighted by Crippen LogP contribution is 2.34. The molecule has 1 aliphatic rings. The molecule has 8 heteroatoms. The fraction of sp³-hybridized carbons (Fsp3) is 0.407. The van der Waals surface area contributed by atoms with E-state index in [0.717, 1.165) is 22.6 Å². The van der Waals surface area contributed by atoms with E-state index in [9.17, 15) is 14.4 Å². The van der Waals surface area contributed by atoms with Crippen molar-refractivity contribution in [1.82, 2.24) is 15.2 Å². The molecule has 1 N–H and O–H groups in total. The predicted molar refractivity (Wildman–Crippen MR) is 135 cm³/mol. The van der Waals surface area contributed by atoms with Gasteiger partial charge in [0.2, 0.25) is 17.7 Å². The van der Waals surface area contributed by atoms with Crippen LogP contribution in [0.15, 0.2) is 59.7 Å². The van der Waals surface area contributed by atoms with Gasteiger partial charge in [-0.15, -0.1) is 0 Å². The largest absolute Gasteiger partial charge is 0.497 e. The van der Waals surface area contributed by atoms with Gasteiger partial charge >= 0.3 is 0 Å². The normalized spacial score (nSPS) is 15.4. The summed E-state index contributed by atoms with van der Waals surface area (Å²) in [7, 11) is 3.18. The molecule has 35 heavy (non-hydrogen) atoms. The van der Waals surface area contributed by atoms with Crippen molar-refractivity contribution in [3.05, 3.63) is 65.7 Å².